The molecule has 0 aliphatic rings. The average molecular weight is 222 g/mol. The zero-order chi connectivity index (χ0) is 12.1. The smallest absolute Gasteiger partial charge is 0.328 e. The Balaban J connectivity index is 2.26. The quantitative estimate of drug-likeness (QED) is 0.802. The molecule has 0 atom stereocenters. The van der Waals surface area contributed by atoms with E-state index in [0.29, 0.717) is 22.5 Å². The molecule has 2 aromatic rings. The molecule has 2 rings (SSSR count). The second-order valence-electron chi connectivity index (χ2n) is 3.41. The van der Waals surface area contributed by atoms with Crippen molar-refractivity contribution in [1.82, 2.24) is 0 Å². The third-order valence-electron chi connectivity index (χ3n) is 2.26. The molecule has 1 N–H and O–H groups in total. The number of benzene rings is 2. The topological polar surface area (TPSA) is 53.2 Å². The molecular formula is C13H9BNO2. The van der Waals surface area contributed by atoms with Crippen LogP contribution in [0.15, 0.2) is 48.5 Å². The monoisotopic (exact) mass is 222 g/mol. The van der Waals surface area contributed by atoms with Gasteiger partial charge in [0.05, 0.1) is 11.6 Å². The molecule has 0 bridgehead atoms. The Hall–Kier alpha value is -2.25. The minimum atomic E-state index is 0.376. The van der Waals surface area contributed by atoms with Gasteiger partial charge in [-0.15, -0.1) is 0 Å². The Labute approximate surface area is 100 Å². The highest BCUT2D eigenvalue weighted by Crippen LogP contribution is 2.20. The van der Waals surface area contributed by atoms with Crippen molar-refractivity contribution in [3.8, 4) is 17.6 Å². The fraction of sp³-hybridized carbons (Fsp3) is 0. The van der Waals surface area contributed by atoms with Crippen molar-refractivity contribution >= 4 is 12.9 Å². The van der Waals surface area contributed by atoms with Crippen LogP contribution in [0.2, 0.25) is 0 Å². The number of nitriles is 1. The molecule has 0 aliphatic heterocycles. The summed E-state index contributed by atoms with van der Waals surface area (Å²) in [5.41, 5.74) is 0.855. The van der Waals surface area contributed by atoms with Gasteiger partial charge < -0.3 is 9.76 Å². The van der Waals surface area contributed by atoms with Gasteiger partial charge in [-0.25, -0.2) is 0 Å². The van der Waals surface area contributed by atoms with Crippen LogP contribution in [0.5, 0.6) is 11.5 Å². The van der Waals surface area contributed by atoms with Crippen LogP contribution >= 0.6 is 0 Å². The Bertz CT molecular complexity index is 549. The molecule has 0 spiro atoms. The molecule has 4 heteroatoms. The molecule has 0 aromatic heterocycles. The summed E-state index contributed by atoms with van der Waals surface area (Å²) in [6.45, 7) is 0. The zero-order valence-corrected chi connectivity index (χ0v) is 9.00. The molecule has 81 valence electrons. The highest BCUT2D eigenvalue weighted by atomic mass is 16.5. The summed E-state index contributed by atoms with van der Waals surface area (Å²) in [7, 11) is 0.908. The van der Waals surface area contributed by atoms with Gasteiger partial charge in [0.25, 0.3) is 0 Å². The van der Waals surface area contributed by atoms with E-state index in [2.05, 4.69) is 0 Å². The lowest BCUT2D eigenvalue weighted by Gasteiger charge is -2.06. The number of hydrogen-bond donors (Lipinski definition) is 1. The molecule has 0 saturated carbocycles. The van der Waals surface area contributed by atoms with E-state index < -0.39 is 0 Å². The lowest BCUT2D eigenvalue weighted by atomic mass is 9.85. The summed E-state index contributed by atoms with van der Waals surface area (Å²) in [4.78, 5) is 0. The van der Waals surface area contributed by atoms with Crippen molar-refractivity contribution in [2.45, 2.75) is 0 Å². The number of ether oxygens (including phenoxy) is 1. The first kappa shape index (κ1) is 11.2. The van der Waals surface area contributed by atoms with E-state index in [4.69, 9.17) is 15.0 Å². The maximum absolute atomic E-state index is 8.91. The first-order valence-electron chi connectivity index (χ1n) is 5.08. The molecular weight excluding hydrogens is 213 g/mol. The van der Waals surface area contributed by atoms with Crippen LogP contribution in [0, 0.1) is 11.3 Å². The Morgan fingerprint density at radius 1 is 1.06 bits per heavy atom. The fourth-order valence-electron chi connectivity index (χ4n) is 1.43. The van der Waals surface area contributed by atoms with Gasteiger partial charge in [0.1, 0.15) is 11.5 Å². The molecule has 17 heavy (non-hydrogen) atoms. The molecule has 2 aromatic carbocycles. The molecule has 0 amide bonds. The first-order chi connectivity index (χ1) is 8.33. The van der Waals surface area contributed by atoms with E-state index in [1.807, 2.05) is 36.4 Å². The third-order valence-corrected chi connectivity index (χ3v) is 2.26. The van der Waals surface area contributed by atoms with Crippen LogP contribution in [0.4, 0.5) is 0 Å². The molecule has 0 saturated heterocycles. The van der Waals surface area contributed by atoms with Crippen molar-refractivity contribution in [3.05, 3.63) is 54.1 Å². The van der Waals surface area contributed by atoms with Gasteiger partial charge in [0.2, 0.25) is 0 Å². The Morgan fingerprint density at radius 3 is 2.47 bits per heavy atom. The van der Waals surface area contributed by atoms with Gasteiger partial charge >= 0.3 is 7.48 Å². The van der Waals surface area contributed by atoms with Crippen LogP contribution in [-0.4, -0.2) is 12.5 Å². The van der Waals surface area contributed by atoms with Crippen LogP contribution < -0.4 is 10.2 Å². The number of para-hydroxylation sites is 1. The second-order valence-corrected chi connectivity index (χ2v) is 3.41. The maximum atomic E-state index is 8.91. The summed E-state index contributed by atoms with van der Waals surface area (Å²) < 4.78 is 5.57. The highest BCUT2D eigenvalue weighted by molar-refractivity contribution is 6.46. The minimum Gasteiger partial charge on any atom is -0.457 e. The lowest BCUT2D eigenvalue weighted by Crippen LogP contribution is -2.17. The van der Waals surface area contributed by atoms with Gasteiger partial charge in [-0.2, -0.15) is 5.26 Å². The fourth-order valence-corrected chi connectivity index (χ4v) is 1.43. The summed E-state index contributed by atoms with van der Waals surface area (Å²) in [5, 5.41) is 17.8. The van der Waals surface area contributed by atoms with E-state index in [1.165, 1.54) is 0 Å². The van der Waals surface area contributed by atoms with Gasteiger partial charge in [-0.3, -0.25) is 0 Å². The second kappa shape index (κ2) is 5.19. The molecule has 0 aliphatic carbocycles. The van der Waals surface area contributed by atoms with Crippen LogP contribution in [-0.2, 0) is 0 Å². The minimum absolute atomic E-state index is 0.376. The van der Waals surface area contributed by atoms with Crippen molar-refractivity contribution in [2.24, 2.45) is 0 Å². The zero-order valence-electron chi connectivity index (χ0n) is 9.00. The van der Waals surface area contributed by atoms with Crippen molar-refractivity contribution in [2.75, 3.05) is 0 Å². The summed E-state index contributed by atoms with van der Waals surface area (Å²) in [6, 6.07) is 16.2. The van der Waals surface area contributed by atoms with E-state index >= 15 is 0 Å². The highest BCUT2D eigenvalue weighted by Gasteiger charge is 2.05. The van der Waals surface area contributed by atoms with E-state index in [9.17, 15) is 0 Å². The largest absolute Gasteiger partial charge is 0.457 e. The number of rotatable bonds is 3. The van der Waals surface area contributed by atoms with Crippen molar-refractivity contribution in [3.63, 3.8) is 0 Å². The third kappa shape index (κ3) is 2.66. The van der Waals surface area contributed by atoms with Crippen LogP contribution in [0.1, 0.15) is 5.56 Å². The van der Waals surface area contributed by atoms with Crippen LogP contribution in [0.25, 0.3) is 0 Å². The maximum Gasteiger partial charge on any atom is 0.328 e. The molecule has 0 unspecified atom stereocenters. The summed E-state index contributed by atoms with van der Waals surface area (Å²) in [5.74, 6) is 1.27. The van der Waals surface area contributed by atoms with Gasteiger partial charge in [-0.05, 0) is 29.7 Å². The lowest BCUT2D eigenvalue weighted by molar-refractivity contribution is 0.482. The number of hydrogen-bond acceptors (Lipinski definition) is 3. The molecule has 0 fully saturated rings. The molecule has 1 radical (unpaired) electrons. The average Bonchev–Trinajstić information content (AvgIpc) is 2.40. The number of nitrogens with zero attached hydrogens (tertiary/aromatic N) is 1. The molecule has 3 nitrogen and oxygen atoms in total. The summed E-state index contributed by atoms with van der Waals surface area (Å²) in [6.07, 6.45) is 0. The van der Waals surface area contributed by atoms with Gasteiger partial charge in [-0.1, -0.05) is 24.3 Å². The first-order valence-corrected chi connectivity index (χ1v) is 5.08. The molecule has 0 heterocycles. The SMILES string of the molecule is N#Cc1cc(Oc2ccccc2)ccc1[B]O. The summed E-state index contributed by atoms with van der Waals surface area (Å²) >= 11 is 0. The van der Waals surface area contributed by atoms with E-state index in [1.54, 1.807) is 18.2 Å². The van der Waals surface area contributed by atoms with E-state index in [-0.39, 0.29) is 0 Å². The Morgan fingerprint density at radius 2 is 1.82 bits per heavy atom. The normalized spacial score (nSPS) is 9.41. The van der Waals surface area contributed by atoms with E-state index in [0.717, 1.165) is 7.48 Å². The van der Waals surface area contributed by atoms with Crippen LogP contribution in [0.3, 0.4) is 0 Å². The van der Waals surface area contributed by atoms with Gasteiger partial charge in [0.15, 0.2) is 0 Å². The Kier molecular flexibility index (Phi) is 3.44. The van der Waals surface area contributed by atoms with Crippen molar-refractivity contribution < 1.29 is 9.76 Å². The predicted molar refractivity (Wildman–Crippen MR) is 65.3 cm³/mol. The van der Waals surface area contributed by atoms with Gasteiger partial charge in [0, 0.05) is 0 Å². The standard InChI is InChI=1S/C13H9BNO2/c15-9-10-8-12(6-7-13(10)14-16)17-11-4-2-1-3-5-11/h1-8,16H. The van der Waals surface area contributed by atoms with Crippen molar-refractivity contribution in [1.29, 1.82) is 5.26 Å². The predicted octanol–water partition coefficient (Wildman–Crippen LogP) is 1.59.